The molecule has 0 radical (unpaired) electrons. The second kappa shape index (κ2) is 8.20. The van der Waals surface area contributed by atoms with E-state index in [0.717, 1.165) is 44.8 Å². The Kier molecular flexibility index (Phi) is 6.57. The lowest BCUT2D eigenvalue weighted by Gasteiger charge is -2.37. The number of nitrogens with one attached hydrogen (secondary N) is 1. The minimum absolute atomic E-state index is 0.749. The van der Waals surface area contributed by atoms with Crippen molar-refractivity contribution in [1.82, 2.24) is 15.1 Å². The van der Waals surface area contributed by atoms with Gasteiger partial charge in [0, 0.05) is 38.8 Å². The Morgan fingerprint density at radius 3 is 2.68 bits per heavy atom. The van der Waals surface area contributed by atoms with Gasteiger partial charge in [-0.15, -0.1) is 0 Å². The molecule has 0 amide bonds. The van der Waals surface area contributed by atoms with Crippen molar-refractivity contribution in [3.63, 3.8) is 0 Å². The molecule has 4 heteroatoms. The van der Waals surface area contributed by atoms with Gasteiger partial charge in [0.1, 0.15) is 0 Å². The van der Waals surface area contributed by atoms with E-state index >= 15 is 0 Å². The molecule has 2 aliphatic rings. The number of rotatable bonds is 6. The molecular formula is C15H31N3O. The van der Waals surface area contributed by atoms with Crippen molar-refractivity contribution in [2.45, 2.75) is 32.7 Å². The molecule has 2 rings (SSSR count). The van der Waals surface area contributed by atoms with E-state index in [1.807, 2.05) is 0 Å². The number of piperazine rings is 1. The first-order valence-electron chi connectivity index (χ1n) is 8.00. The van der Waals surface area contributed by atoms with Crippen molar-refractivity contribution >= 4 is 0 Å². The van der Waals surface area contributed by atoms with Crippen molar-refractivity contribution in [3.05, 3.63) is 0 Å². The van der Waals surface area contributed by atoms with Crippen LogP contribution < -0.4 is 5.32 Å². The number of nitrogens with zero attached hydrogens (tertiary/aromatic N) is 2. The van der Waals surface area contributed by atoms with Gasteiger partial charge < -0.3 is 10.1 Å². The van der Waals surface area contributed by atoms with E-state index in [-0.39, 0.29) is 0 Å². The Morgan fingerprint density at radius 1 is 1.16 bits per heavy atom. The first kappa shape index (κ1) is 15.2. The van der Waals surface area contributed by atoms with E-state index in [1.54, 1.807) is 0 Å². The van der Waals surface area contributed by atoms with Crippen molar-refractivity contribution in [1.29, 1.82) is 0 Å². The number of ether oxygens (including phenoxy) is 1. The van der Waals surface area contributed by atoms with E-state index in [9.17, 15) is 0 Å². The van der Waals surface area contributed by atoms with Crippen LogP contribution >= 0.6 is 0 Å². The molecule has 0 aromatic carbocycles. The van der Waals surface area contributed by atoms with Gasteiger partial charge in [-0.2, -0.15) is 0 Å². The van der Waals surface area contributed by atoms with Crippen LogP contribution in [0.3, 0.4) is 0 Å². The second-order valence-corrected chi connectivity index (χ2v) is 6.33. The van der Waals surface area contributed by atoms with Gasteiger partial charge >= 0.3 is 0 Å². The molecule has 0 aromatic heterocycles. The van der Waals surface area contributed by atoms with E-state index in [2.05, 4.69) is 29.0 Å². The van der Waals surface area contributed by atoms with Gasteiger partial charge in [-0.1, -0.05) is 13.8 Å². The van der Waals surface area contributed by atoms with Gasteiger partial charge in [0.05, 0.1) is 13.2 Å². The zero-order chi connectivity index (χ0) is 13.5. The van der Waals surface area contributed by atoms with E-state index < -0.39 is 0 Å². The van der Waals surface area contributed by atoms with E-state index in [0.29, 0.717) is 0 Å². The molecule has 0 aliphatic carbocycles. The molecule has 0 spiro atoms. The van der Waals surface area contributed by atoms with Gasteiger partial charge in [0.25, 0.3) is 0 Å². The average Bonchev–Trinajstić information content (AvgIpc) is 2.41. The lowest BCUT2D eigenvalue weighted by Crippen LogP contribution is -2.52. The van der Waals surface area contributed by atoms with Crippen LogP contribution in [0.4, 0.5) is 0 Å². The molecule has 1 unspecified atom stereocenters. The van der Waals surface area contributed by atoms with Crippen molar-refractivity contribution in [2.24, 2.45) is 5.92 Å². The van der Waals surface area contributed by atoms with Crippen LogP contribution in [0.15, 0.2) is 0 Å². The standard InChI is InChI=1S/C15H31N3O/c1-14(2)12-15-13-16-4-7-18(15)6-3-5-17-8-10-19-11-9-17/h14-16H,3-13H2,1-2H3. The highest BCUT2D eigenvalue weighted by Crippen LogP contribution is 2.14. The summed E-state index contributed by atoms with van der Waals surface area (Å²) < 4.78 is 5.40. The van der Waals surface area contributed by atoms with Crippen LogP contribution in [-0.4, -0.2) is 74.9 Å². The Balaban J connectivity index is 1.67. The number of morpholine rings is 1. The summed E-state index contributed by atoms with van der Waals surface area (Å²) in [6.45, 7) is 14.8. The molecule has 1 N–H and O–H groups in total. The largest absolute Gasteiger partial charge is 0.379 e. The van der Waals surface area contributed by atoms with Crippen molar-refractivity contribution < 1.29 is 4.74 Å². The third kappa shape index (κ3) is 5.38. The second-order valence-electron chi connectivity index (χ2n) is 6.33. The number of hydrogen-bond acceptors (Lipinski definition) is 4. The molecule has 2 fully saturated rings. The van der Waals surface area contributed by atoms with Crippen LogP contribution in [-0.2, 0) is 4.74 Å². The molecule has 2 heterocycles. The van der Waals surface area contributed by atoms with Crippen molar-refractivity contribution in [2.75, 3.05) is 59.0 Å². The molecule has 0 saturated carbocycles. The Labute approximate surface area is 118 Å². The van der Waals surface area contributed by atoms with Crippen LogP contribution in [0.2, 0.25) is 0 Å². The van der Waals surface area contributed by atoms with Gasteiger partial charge in [0.15, 0.2) is 0 Å². The summed E-state index contributed by atoms with van der Waals surface area (Å²) in [7, 11) is 0. The maximum atomic E-state index is 5.40. The number of hydrogen-bond donors (Lipinski definition) is 1. The topological polar surface area (TPSA) is 27.7 Å². The predicted octanol–water partition coefficient (Wildman–Crippen LogP) is 1.03. The van der Waals surface area contributed by atoms with Crippen LogP contribution in [0.25, 0.3) is 0 Å². The van der Waals surface area contributed by atoms with Crippen LogP contribution in [0.1, 0.15) is 26.7 Å². The highest BCUT2D eigenvalue weighted by Gasteiger charge is 2.22. The summed E-state index contributed by atoms with van der Waals surface area (Å²) in [4.78, 5) is 5.25. The minimum Gasteiger partial charge on any atom is -0.379 e. The Hall–Kier alpha value is -0.160. The fraction of sp³-hybridized carbons (Fsp3) is 1.00. The lowest BCUT2D eigenvalue weighted by atomic mass is 10.0. The highest BCUT2D eigenvalue weighted by atomic mass is 16.5. The fourth-order valence-electron chi connectivity index (χ4n) is 3.20. The third-order valence-electron chi connectivity index (χ3n) is 4.24. The monoisotopic (exact) mass is 269 g/mol. The zero-order valence-electron chi connectivity index (χ0n) is 12.7. The van der Waals surface area contributed by atoms with Crippen LogP contribution in [0.5, 0.6) is 0 Å². The van der Waals surface area contributed by atoms with Crippen LogP contribution in [0, 0.1) is 5.92 Å². The molecule has 0 aromatic rings. The maximum absolute atomic E-state index is 5.40. The van der Waals surface area contributed by atoms with Crippen molar-refractivity contribution in [3.8, 4) is 0 Å². The highest BCUT2D eigenvalue weighted by molar-refractivity contribution is 4.80. The Morgan fingerprint density at radius 2 is 1.95 bits per heavy atom. The zero-order valence-corrected chi connectivity index (χ0v) is 12.7. The molecular weight excluding hydrogens is 238 g/mol. The summed E-state index contributed by atoms with van der Waals surface area (Å²) in [5.74, 6) is 0.798. The molecule has 19 heavy (non-hydrogen) atoms. The van der Waals surface area contributed by atoms with Gasteiger partial charge in [-0.05, 0) is 31.8 Å². The quantitative estimate of drug-likeness (QED) is 0.779. The van der Waals surface area contributed by atoms with E-state index in [1.165, 1.54) is 39.0 Å². The first-order valence-corrected chi connectivity index (χ1v) is 8.00. The smallest absolute Gasteiger partial charge is 0.0594 e. The normalized spacial score (nSPS) is 27.0. The lowest BCUT2D eigenvalue weighted by molar-refractivity contribution is 0.0346. The molecule has 2 aliphatic heterocycles. The van der Waals surface area contributed by atoms with E-state index in [4.69, 9.17) is 4.74 Å². The SMILES string of the molecule is CC(C)CC1CNCCN1CCCN1CCOCC1. The Bertz CT molecular complexity index is 242. The summed E-state index contributed by atoms with van der Waals surface area (Å²) in [5, 5.41) is 3.54. The predicted molar refractivity (Wildman–Crippen MR) is 79.6 cm³/mol. The minimum atomic E-state index is 0.749. The van der Waals surface area contributed by atoms with Gasteiger partial charge in [-0.3, -0.25) is 9.80 Å². The third-order valence-corrected chi connectivity index (χ3v) is 4.24. The summed E-state index contributed by atoms with van der Waals surface area (Å²) in [6, 6.07) is 0.749. The molecule has 2 saturated heterocycles. The maximum Gasteiger partial charge on any atom is 0.0594 e. The molecule has 0 bridgehead atoms. The average molecular weight is 269 g/mol. The molecule has 1 atom stereocenters. The summed E-state index contributed by atoms with van der Waals surface area (Å²) in [6.07, 6.45) is 2.62. The molecule has 4 nitrogen and oxygen atoms in total. The summed E-state index contributed by atoms with van der Waals surface area (Å²) >= 11 is 0. The summed E-state index contributed by atoms with van der Waals surface area (Å²) in [5.41, 5.74) is 0. The molecule has 112 valence electrons. The van der Waals surface area contributed by atoms with Gasteiger partial charge in [-0.25, -0.2) is 0 Å². The van der Waals surface area contributed by atoms with Gasteiger partial charge in [0.2, 0.25) is 0 Å². The fourth-order valence-corrected chi connectivity index (χ4v) is 3.20. The first-order chi connectivity index (χ1) is 9.25.